The molecule has 4 rings (SSSR count). The van der Waals surface area contributed by atoms with Crippen molar-refractivity contribution in [3.05, 3.63) is 47.2 Å². The second kappa shape index (κ2) is 8.10. The van der Waals surface area contributed by atoms with Gasteiger partial charge in [-0.05, 0) is 43.4 Å². The van der Waals surface area contributed by atoms with Gasteiger partial charge in [0.1, 0.15) is 11.6 Å². The van der Waals surface area contributed by atoms with Crippen molar-refractivity contribution in [3.63, 3.8) is 0 Å². The van der Waals surface area contributed by atoms with Crippen LogP contribution in [0.1, 0.15) is 29.1 Å². The number of nitrogens with one attached hydrogen (secondary N) is 1. The van der Waals surface area contributed by atoms with Gasteiger partial charge in [-0.25, -0.2) is 9.97 Å². The lowest BCUT2D eigenvalue weighted by Gasteiger charge is -2.22. The third-order valence-electron chi connectivity index (χ3n) is 5.30. The van der Waals surface area contributed by atoms with Crippen LogP contribution in [-0.4, -0.2) is 52.7 Å². The topological polar surface area (TPSA) is 63.2 Å². The van der Waals surface area contributed by atoms with Crippen molar-refractivity contribution < 1.29 is 4.74 Å². The Labute approximate surface area is 155 Å². The second-order valence-corrected chi connectivity index (χ2v) is 7.28. The Morgan fingerprint density at radius 1 is 1.19 bits per heavy atom. The molecule has 1 saturated heterocycles. The summed E-state index contributed by atoms with van der Waals surface area (Å²) in [5, 5.41) is 3.53. The summed E-state index contributed by atoms with van der Waals surface area (Å²) in [6, 6.07) is 4.07. The summed E-state index contributed by atoms with van der Waals surface area (Å²) in [6.07, 6.45) is 6.85. The highest BCUT2D eigenvalue weighted by Gasteiger charge is 2.23. The van der Waals surface area contributed by atoms with E-state index in [1.54, 1.807) is 0 Å². The van der Waals surface area contributed by atoms with E-state index in [1.807, 2.05) is 31.5 Å². The smallest absolute Gasteiger partial charge is 0.133 e. The maximum Gasteiger partial charge on any atom is 0.133 e. The molecule has 1 atom stereocenters. The number of hydrogen-bond donors (Lipinski definition) is 1. The molecule has 1 N–H and O–H groups in total. The van der Waals surface area contributed by atoms with Crippen LogP contribution in [0.2, 0.25) is 0 Å². The van der Waals surface area contributed by atoms with Crippen LogP contribution >= 0.6 is 0 Å². The molecule has 0 aliphatic carbocycles. The van der Waals surface area contributed by atoms with Gasteiger partial charge < -0.3 is 15.0 Å². The summed E-state index contributed by atoms with van der Waals surface area (Å²) in [6.45, 7) is 7.86. The Hall–Kier alpha value is -2.05. The molecule has 1 fully saturated rings. The quantitative estimate of drug-likeness (QED) is 0.889. The molecule has 0 aromatic carbocycles. The number of rotatable bonds is 5. The minimum atomic E-state index is 0.688. The van der Waals surface area contributed by atoms with E-state index in [0.29, 0.717) is 5.92 Å². The zero-order valence-corrected chi connectivity index (χ0v) is 15.4. The first-order valence-electron chi connectivity index (χ1n) is 9.57. The Kier molecular flexibility index (Phi) is 5.41. The van der Waals surface area contributed by atoms with Crippen LogP contribution in [0.5, 0.6) is 0 Å². The lowest BCUT2D eigenvalue weighted by Crippen LogP contribution is -2.32. The molecule has 26 heavy (non-hydrogen) atoms. The lowest BCUT2D eigenvalue weighted by atomic mass is 10.1. The second-order valence-electron chi connectivity index (χ2n) is 7.28. The van der Waals surface area contributed by atoms with E-state index in [9.17, 15) is 0 Å². The van der Waals surface area contributed by atoms with Crippen molar-refractivity contribution in [2.24, 2.45) is 5.92 Å². The van der Waals surface area contributed by atoms with E-state index in [-0.39, 0.29) is 0 Å². The van der Waals surface area contributed by atoms with Crippen LogP contribution in [0.25, 0.3) is 0 Å². The van der Waals surface area contributed by atoms with Crippen molar-refractivity contribution in [3.8, 4) is 0 Å². The predicted octanol–water partition coefficient (Wildman–Crippen LogP) is 2.23. The summed E-state index contributed by atoms with van der Waals surface area (Å²) < 4.78 is 5.54. The summed E-state index contributed by atoms with van der Waals surface area (Å²) >= 11 is 0. The number of hydrogen-bond acceptors (Lipinski definition) is 6. The number of ether oxygens (including phenoxy) is 1. The van der Waals surface area contributed by atoms with Crippen molar-refractivity contribution in [2.75, 3.05) is 38.2 Å². The van der Waals surface area contributed by atoms with Crippen LogP contribution < -0.4 is 5.32 Å². The molecule has 0 spiro atoms. The van der Waals surface area contributed by atoms with Gasteiger partial charge in [-0.1, -0.05) is 0 Å². The Bertz CT molecular complexity index is 730. The first kappa shape index (κ1) is 17.4. The molecular weight excluding hydrogens is 326 g/mol. The SMILES string of the molecule is Cc1nc2c(c(NCc3ccncc3)n1)CCN(C[C@@H]1CCOC1)CC2. The van der Waals surface area contributed by atoms with Crippen LogP contribution in [0.4, 0.5) is 5.82 Å². The molecule has 2 aromatic rings. The summed E-state index contributed by atoms with van der Waals surface area (Å²) in [5.74, 6) is 2.53. The molecule has 6 nitrogen and oxygen atoms in total. The first-order valence-corrected chi connectivity index (χ1v) is 9.57. The average Bonchev–Trinajstić information content (AvgIpc) is 3.08. The molecule has 138 valence electrons. The average molecular weight is 353 g/mol. The molecule has 2 aromatic heterocycles. The monoisotopic (exact) mass is 353 g/mol. The highest BCUT2D eigenvalue weighted by Crippen LogP contribution is 2.23. The highest BCUT2D eigenvalue weighted by molar-refractivity contribution is 5.48. The standard InChI is InChI=1S/C20H27N5O/c1-15-23-19-5-10-25(13-17-6-11-26-14-17)9-4-18(19)20(24-15)22-12-16-2-7-21-8-3-16/h2-3,7-8,17H,4-6,9-14H2,1H3,(H,22,23,24)/t17-/m0/s1. The van der Waals surface area contributed by atoms with Gasteiger partial charge in [-0.15, -0.1) is 0 Å². The minimum absolute atomic E-state index is 0.688. The van der Waals surface area contributed by atoms with Gasteiger partial charge in [-0.3, -0.25) is 4.98 Å². The van der Waals surface area contributed by atoms with Crippen molar-refractivity contribution >= 4 is 5.82 Å². The normalized spacial score (nSPS) is 20.6. The van der Waals surface area contributed by atoms with Gasteiger partial charge in [0.05, 0.1) is 12.3 Å². The van der Waals surface area contributed by atoms with E-state index in [0.717, 1.165) is 63.9 Å². The third-order valence-corrected chi connectivity index (χ3v) is 5.30. The lowest BCUT2D eigenvalue weighted by molar-refractivity contribution is 0.168. The van der Waals surface area contributed by atoms with Gasteiger partial charge >= 0.3 is 0 Å². The summed E-state index contributed by atoms with van der Waals surface area (Å²) in [5.41, 5.74) is 3.70. The summed E-state index contributed by atoms with van der Waals surface area (Å²) in [7, 11) is 0. The van der Waals surface area contributed by atoms with Crippen molar-refractivity contribution in [2.45, 2.75) is 32.7 Å². The van der Waals surface area contributed by atoms with Crippen LogP contribution in [0.3, 0.4) is 0 Å². The Morgan fingerprint density at radius 2 is 2.04 bits per heavy atom. The van der Waals surface area contributed by atoms with Crippen LogP contribution in [-0.2, 0) is 24.1 Å². The van der Waals surface area contributed by atoms with Gasteiger partial charge in [-0.2, -0.15) is 0 Å². The van der Waals surface area contributed by atoms with Crippen LogP contribution in [0.15, 0.2) is 24.5 Å². The fourth-order valence-electron chi connectivity index (χ4n) is 3.88. The zero-order valence-electron chi connectivity index (χ0n) is 15.4. The molecule has 0 amide bonds. The molecule has 2 aliphatic heterocycles. The number of nitrogens with zero attached hydrogens (tertiary/aromatic N) is 4. The van der Waals surface area contributed by atoms with E-state index in [1.165, 1.54) is 23.2 Å². The minimum Gasteiger partial charge on any atom is -0.381 e. The van der Waals surface area contributed by atoms with Gasteiger partial charge in [0, 0.05) is 57.2 Å². The molecule has 0 radical (unpaired) electrons. The first-order chi connectivity index (χ1) is 12.8. The Balaban J connectivity index is 1.46. The Morgan fingerprint density at radius 3 is 2.85 bits per heavy atom. The van der Waals surface area contributed by atoms with Crippen molar-refractivity contribution in [1.29, 1.82) is 0 Å². The zero-order chi connectivity index (χ0) is 17.8. The van der Waals surface area contributed by atoms with Crippen molar-refractivity contribution in [1.82, 2.24) is 19.9 Å². The fourth-order valence-corrected chi connectivity index (χ4v) is 3.88. The van der Waals surface area contributed by atoms with Gasteiger partial charge in [0.15, 0.2) is 0 Å². The van der Waals surface area contributed by atoms with E-state index in [2.05, 4.69) is 15.2 Å². The number of aromatic nitrogens is 3. The maximum atomic E-state index is 5.54. The largest absolute Gasteiger partial charge is 0.381 e. The van der Waals surface area contributed by atoms with E-state index >= 15 is 0 Å². The fraction of sp³-hybridized carbons (Fsp3) is 0.550. The molecule has 0 unspecified atom stereocenters. The van der Waals surface area contributed by atoms with Crippen LogP contribution in [0, 0.1) is 12.8 Å². The number of aryl methyl sites for hydroxylation is 1. The van der Waals surface area contributed by atoms with E-state index in [4.69, 9.17) is 14.7 Å². The summed E-state index contributed by atoms with van der Waals surface area (Å²) in [4.78, 5) is 16.1. The molecule has 2 aliphatic rings. The molecule has 0 saturated carbocycles. The maximum absolute atomic E-state index is 5.54. The number of pyridine rings is 1. The van der Waals surface area contributed by atoms with E-state index < -0.39 is 0 Å². The molecule has 6 heteroatoms. The molecular formula is C20H27N5O. The molecule has 0 bridgehead atoms. The number of fused-ring (bicyclic) bond motifs is 1. The van der Waals surface area contributed by atoms with Gasteiger partial charge in [0.2, 0.25) is 0 Å². The third kappa shape index (κ3) is 4.19. The predicted molar refractivity (Wildman–Crippen MR) is 101 cm³/mol. The number of anilines is 1. The van der Waals surface area contributed by atoms with Gasteiger partial charge in [0.25, 0.3) is 0 Å². The molecule has 4 heterocycles. The highest BCUT2D eigenvalue weighted by atomic mass is 16.5.